The van der Waals surface area contributed by atoms with Gasteiger partial charge in [-0.05, 0) is 43.0 Å². The van der Waals surface area contributed by atoms with E-state index in [4.69, 9.17) is 0 Å². The molecule has 0 spiro atoms. The molecule has 0 aliphatic carbocycles. The van der Waals surface area contributed by atoms with E-state index in [1.54, 1.807) is 4.90 Å². The van der Waals surface area contributed by atoms with Gasteiger partial charge in [0.2, 0.25) is 5.91 Å². The molecule has 0 aromatic heterocycles. The van der Waals surface area contributed by atoms with Crippen LogP contribution in [0.5, 0.6) is 0 Å². The number of anilines is 1. The molecule has 1 fully saturated rings. The highest BCUT2D eigenvalue weighted by Crippen LogP contribution is 2.19. The Labute approximate surface area is 168 Å². The van der Waals surface area contributed by atoms with E-state index in [0.29, 0.717) is 19.6 Å². The van der Waals surface area contributed by atoms with Crippen molar-refractivity contribution >= 4 is 33.6 Å². The van der Waals surface area contributed by atoms with E-state index in [1.165, 1.54) is 0 Å². The first-order valence-electron chi connectivity index (χ1n) is 9.25. The van der Waals surface area contributed by atoms with Gasteiger partial charge in [0, 0.05) is 29.8 Å². The van der Waals surface area contributed by atoms with E-state index < -0.39 is 0 Å². The van der Waals surface area contributed by atoms with Crippen molar-refractivity contribution in [3.8, 4) is 0 Å². The van der Waals surface area contributed by atoms with Crippen molar-refractivity contribution in [2.75, 3.05) is 25.0 Å². The molecule has 1 saturated heterocycles. The first-order valence-corrected chi connectivity index (χ1v) is 10.0. The van der Waals surface area contributed by atoms with Gasteiger partial charge in [0.15, 0.2) is 0 Å². The molecule has 1 heterocycles. The standard InChI is InChI=1S/C21H24BrN3O2/c22-19-11-5-4-7-16(19)12-13-23-21(27)25-14-6-8-17(15-25)20(26)24-18-9-2-1-3-10-18/h1-5,7,9-11,17H,6,8,12-15H2,(H,23,27)(H,24,26). The van der Waals surface area contributed by atoms with E-state index in [9.17, 15) is 9.59 Å². The molecule has 1 aliphatic rings. The van der Waals surface area contributed by atoms with Crippen LogP contribution in [0.25, 0.3) is 0 Å². The summed E-state index contributed by atoms with van der Waals surface area (Å²) in [6, 6.07) is 17.3. The van der Waals surface area contributed by atoms with Gasteiger partial charge >= 0.3 is 6.03 Å². The van der Waals surface area contributed by atoms with Crippen molar-refractivity contribution in [2.24, 2.45) is 5.92 Å². The molecular weight excluding hydrogens is 406 g/mol. The first kappa shape index (κ1) is 19.4. The number of piperidine rings is 1. The second-order valence-electron chi connectivity index (χ2n) is 6.71. The summed E-state index contributed by atoms with van der Waals surface area (Å²) in [7, 11) is 0. The zero-order chi connectivity index (χ0) is 19.1. The number of nitrogens with zero attached hydrogens (tertiary/aromatic N) is 1. The lowest BCUT2D eigenvalue weighted by Crippen LogP contribution is -2.48. The molecule has 2 aromatic rings. The summed E-state index contributed by atoms with van der Waals surface area (Å²) in [5, 5.41) is 5.91. The summed E-state index contributed by atoms with van der Waals surface area (Å²) in [4.78, 5) is 26.7. The Kier molecular flexibility index (Phi) is 6.87. The quantitative estimate of drug-likeness (QED) is 0.752. The SMILES string of the molecule is O=C(Nc1ccccc1)C1CCCN(C(=O)NCCc2ccccc2Br)C1. The zero-order valence-electron chi connectivity index (χ0n) is 15.2. The Morgan fingerprint density at radius 1 is 1.07 bits per heavy atom. The van der Waals surface area contributed by atoms with Gasteiger partial charge in [0.1, 0.15) is 0 Å². The summed E-state index contributed by atoms with van der Waals surface area (Å²) >= 11 is 3.52. The number of urea groups is 1. The van der Waals surface area contributed by atoms with Crippen molar-refractivity contribution in [2.45, 2.75) is 19.3 Å². The molecule has 1 aliphatic heterocycles. The van der Waals surface area contributed by atoms with Crippen LogP contribution in [0, 0.1) is 5.92 Å². The summed E-state index contributed by atoms with van der Waals surface area (Å²) in [5.74, 6) is -0.195. The molecule has 27 heavy (non-hydrogen) atoms. The highest BCUT2D eigenvalue weighted by atomic mass is 79.9. The predicted molar refractivity (Wildman–Crippen MR) is 111 cm³/mol. The lowest BCUT2D eigenvalue weighted by molar-refractivity contribution is -0.121. The molecule has 2 N–H and O–H groups in total. The van der Waals surface area contributed by atoms with Crippen molar-refractivity contribution in [1.82, 2.24) is 10.2 Å². The van der Waals surface area contributed by atoms with E-state index in [0.717, 1.165) is 35.0 Å². The van der Waals surface area contributed by atoms with Gasteiger partial charge in [0.25, 0.3) is 0 Å². The minimum atomic E-state index is -0.173. The molecule has 0 bridgehead atoms. The van der Waals surface area contributed by atoms with Crippen LogP contribution >= 0.6 is 15.9 Å². The van der Waals surface area contributed by atoms with Crippen LogP contribution in [0.4, 0.5) is 10.5 Å². The number of nitrogens with one attached hydrogen (secondary N) is 2. The molecule has 0 radical (unpaired) electrons. The minimum Gasteiger partial charge on any atom is -0.338 e. The molecule has 1 unspecified atom stereocenters. The van der Waals surface area contributed by atoms with Crippen LogP contribution in [-0.2, 0) is 11.2 Å². The number of benzene rings is 2. The third-order valence-corrected chi connectivity index (χ3v) is 5.52. The number of hydrogen-bond donors (Lipinski definition) is 2. The molecule has 3 rings (SSSR count). The van der Waals surface area contributed by atoms with E-state index in [-0.39, 0.29) is 17.9 Å². The van der Waals surface area contributed by atoms with E-state index in [1.807, 2.05) is 54.6 Å². The highest BCUT2D eigenvalue weighted by molar-refractivity contribution is 9.10. The number of hydrogen-bond acceptors (Lipinski definition) is 2. The van der Waals surface area contributed by atoms with Gasteiger partial charge < -0.3 is 15.5 Å². The monoisotopic (exact) mass is 429 g/mol. The van der Waals surface area contributed by atoms with Crippen LogP contribution in [0.3, 0.4) is 0 Å². The number of rotatable bonds is 5. The number of likely N-dealkylation sites (tertiary alicyclic amines) is 1. The molecule has 2 aromatic carbocycles. The highest BCUT2D eigenvalue weighted by Gasteiger charge is 2.28. The normalized spacial score (nSPS) is 16.6. The maximum Gasteiger partial charge on any atom is 0.317 e. The van der Waals surface area contributed by atoms with Crippen LogP contribution in [0.2, 0.25) is 0 Å². The van der Waals surface area contributed by atoms with Crippen molar-refractivity contribution in [1.29, 1.82) is 0 Å². The number of halogens is 1. The van der Waals surface area contributed by atoms with Crippen LogP contribution < -0.4 is 10.6 Å². The number of carbonyl (C=O) groups excluding carboxylic acids is 2. The third-order valence-electron chi connectivity index (χ3n) is 4.75. The Hall–Kier alpha value is -2.34. The fourth-order valence-corrected chi connectivity index (χ4v) is 3.74. The van der Waals surface area contributed by atoms with E-state index in [2.05, 4.69) is 26.6 Å². The lowest BCUT2D eigenvalue weighted by Gasteiger charge is -2.32. The number of carbonyl (C=O) groups is 2. The van der Waals surface area contributed by atoms with Gasteiger partial charge in [-0.15, -0.1) is 0 Å². The number of para-hydroxylation sites is 1. The smallest absolute Gasteiger partial charge is 0.317 e. The summed E-state index contributed by atoms with van der Waals surface area (Å²) in [6.45, 7) is 1.72. The van der Waals surface area contributed by atoms with Gasteiger partial charge in [-0.25, -0.2) is 4.79 Å². The van der Waals surface area contributed by atoms with Gasteiger partial charge in [-0.1, -0.05) is 52.3 Å². The largest absolute Gasteiger partial charge is 0.338 e. The second kappa shape index (κ2) is 9.55. The predicted octanol–water partition coefficient (Wildman–Crippen LogP) is 4.05. The molecule has 6 heteroatoms. The average Bonchev–Trinajstić information content (AvgIpc) is 2.70. The van der Waals surface area contributed by atoms with Gasteiger partial charge in [0.05, 0.1) is 5.92 Å². The topological polar surface area (TPSA) is 61.4 Å². The molecule has 5 nitrogen and oxygen atoms in total. The zero-order valence-corrected chi connectivity index (χ0v) is 16.7. The maximum atomic E-state index is 12.5. The third kappa shape index (κ3) is 5.57. The van der Waals surface area contributed by atoms with Gasteiger partial charge in [-0.3, -0.25) is 4.79 Å². The fourth-order valence-electron chi connectivity index (χ4n) is 3.26. The first-order chi connectivity index (χ1) is 13.1. The lowest BCUT2D eigenvalue weighted by atomic mass is 9.97. The fraction of sp³-hybridized carbons (Fsp3) is 0.333. The molecular formula is C21H24BrN3O2. The average molecular weight is 430 g/mol. The second-order valence-corrected chi connectivity index (χ2v) is 7.57. The Bertz CT molecular complexity index is 782. The molecule has 1 atom stereocenters. The summed E-state index contributed by atoms with van der Waals surface area (Å²) < 4.78 is 1.05. The van der Waals surface area contributed by atoms with E-state index >= 15 is 0 Å². The number of amides is 3. The van der Waals surface area contributed by atoms with Crippen LogP contribution in [-0.4, -0.2) is 36.5 Å². The Balaban J connectivity index is 1.47. The van der Waals surface area contributed by atoms with Crippen molar-refractivity contribution in [3.63, 3.8) is 0 Å². The summed E-state index contributed by atoms with van der Waals surface area (Å²) in [6.07, 6.45) is 2.41. The Morgan fingerprint density at radius 2 is 1.81 bits per heavy atom. The maximum absolute atomic E-state index is 12.5. The molecule has 0 saturated carbocycles. The van der Waals surface area contributed by atoms with Crippen molar-refractivity contribution < 1.29 is 9.59 Å². The minimum absolute atomic E-state index is 0.0214. The van der Waals surface area contributed by atoms with Crippen molar-refractivity contribution in [3.05, 3.63) is 64.6 Å². The molecule has 3 amide bonds. The molecule has 142 valence electrons. The Morgan fingerprint density at radius 3 is 2.59 bits per heavy atom. The van der Waals surface area contributed by atoms with Gasteiger partial charge in [-0.2, -0.15) is 0 Å². The summed E-state index contributed by atoms with van der Waals surface area (Å²) in [5.41, 5.74) is 1.95. The van der Waals surface area contributed by atoms with Crippen LogP contribution in [0.15, 0.2) is 59.1 Å². The van der Waals surface area contributed by atoms with Crippen LogP contribution in [0.1, 0.15) is 18.4 Å².